The predicted molar refractivity (Wildman–Crippen MR) is 69.3 cm³/mol. The van der Waals surface area contributed by atoms with Gasteiger partial charge in [0, 0.05) is 10.9 Å². The average molecular weight is 288 g/mol. The van der Waals surface area contributed by atoms with Crippen molar-refractivity contribution < 1.29 is 9.59 Å². The normalized spacial score (nSPS) is 10.5. The molecule has 0 unspecified atom stereocenters. The van der Waals surface area contributed by atoms with Crippen LogP contribution >= 0.6 is 34.8 Å². The van der Waals surface area contributed by atoms with Gasteiger partial charge in [0.1, 0.15) is 0 Å². The van der Waals surface area contributed by atoms with E-state index in [1.807, 2.05) is 0 Å². The van der Waals surface area contributed by atoms with Crippen molar-refractivity contribution in [1.29, 1.82) is 0 Å². The van der Waals surface area contributed by atoms with Crippen molar-refractivity contribution in [1.82, 2.24) is 0 Å². The minimum absolute atomic E-state index is 0.241. The molecular weight excluding hydrogens is 282 g/mol. The van der Waals surface area contributed by atoms with E-state index in [1.54, 1.807) is 24.3 Å². The second-order valence-electron chi connectivity index (χ2n) is 3.41. The zero-order valence-electron chi connectivity index (χ0n) is 8.34. The molecule has 86 valence electrons. The Bertz CT molecular complexity index is 635. The largest absolute Gasteiger partial charge is 0.276 e. The van der Waals surface area contributed by atoms with E-state index in [-0.39, 0.29) is 10.6 Å². The molecule has 0 aliphatic rings. The fraction of sp³-hybridized carbons (Fsp3) is 0. The molecule has 0 N–H and O–H groups in total. The molecule has 0 aliphatic heterocycles. The van der Waals surface area contributed by atoms with Crippen molar-refractivity contribution in [3.63, 3.8) is 0 Å². The summed E-state index contributed by atoms with van der Waals surface area (Å²) in [6.45, 7) is 0. The van der Waals surface area contributed by atoms with E-state index in [1.165, 1.54) is 6.07 Å². The quantitative estimate of drug-likeness (QED) is 0.774. The van der Waals surface area contributed by atoms with Crippen LogP contribution < -0.4 is 0 Å². The smallest absolute Gasteiger partial charge is 0.253 e. The lowest BCUT2D eigenvalue weighted by Crippen LogP contribution is -1.93. The van der Waals surface area contributed by atoms with Gasteiger partial charge in [0.25, 0.3) is 10.5 Å². The van der Waals surface area contributed by atoms with Gasteiger partial charge in [-0.25, -0.2) is 0 Å². The molecule has 0 aliphatic carbocycles. The lowest BCUT2D eigenvalue weighted by molar-refractivity contribution is 0.107. The number of halogens is 3. The first kappa shape index (κ1) is 12.4. The van der Waals surface area contributed by atoms with Crippen LogP contribution in [0.3, 0.4) is 0 Å². The summed E-state index contributed by atoms with van der Waals surface area (Å²) in [5.74, 6) is 0. The van der Waals surface area contributed by atoms with E-state index in [9.17, 15) is 9.59 Å². The first-order valence-corrected chi connectivity index (χ1v) is 5.76. The van der Waals surface area contributed by atoms with E-state index in [0.717, 1.165) is 5.39 Å². The van der Waals surface area contributed by atoms with Gasteiger partial charge in [-0.15, -0.1) is 0 Å². The molecule has 2 aromatic rings. The van der Waals surface area contributed by atoms with Gasteiger partial charge in [0.05, 0.1) is 10.6 Å². The van der Waals surface area contributed by atoms with Crippen LogP contribution in [0.25, 0.3) is 10.8 Å². The Balaban J connectivity index is 2.72. The van der Waals surface area contributed by atoms with Crippen LogP contribution in [-0.4, -0.2) is 10.5 Å². The van der Waals surface area contributed by atoms with Crippen LogP contribution in [0.5, 0.6) is 0 Å². The molecule has 2 nitrogen and oxygen atoms in total. The minimum atomic E-state index is -0.616. The molecule has 0 aromatic heterocycles. The molecule has 17 heavy (non-hydrogen) atoms. The molecule has 2 aromatic carbocycles. The summed E-state index contributed by atoms with van der Waals surface area (Å²) in [4.78, 5) is 22.1. The van der Waals surface area contributed by atoms with Crippen LogP contribution in [0.2, 0.25) is 5.02 Å². The molecule has 0 fully saturated rings. The number of benzene rings is 2. The van der Waals surface area contributed by atoms with Crippen LogP contribution in [0, 0.1) is 0 Å². The van der Waals surface area contributed by atoms with Crippen LogP contribution in [0.1, 0.15) is 20.7 Å². The molecular formula is C12H5Cl3O2. The summed E-state index contributed by atoms with van der Waals surface area (Å²) in [5.41, 5.74) is 0.617. The third-order valence-electron chi connectivity index (χ3n) is 2.39. The maximum atomic E-state index is 11.1. The average Bonchev–Trinajstić information content (AvgIpc) is 2.28. The van der Waals surface area contributed by atoms with Crippen molar-refractivity contribution in [3.05, 3.63) is 46.5 Å². The Hall–Kier alpha value is -1.09. The van der Waals surface area contributed by atoms with Gasteiger partial charge >= 0.3 is 0 Å². The van der Waals surface area contributed by atoms with Gasteiger partial charge in [-0.3, -0.25) is 9.59 Å². The second kappa shape index (κ2) is 4.65. The van der Waals surface area contributed by atoms with E-state index in [4.69, 9.17) is 34.8 Å². The fourth-order valence-electron chi connectivity index (χ4n) is 1.57. The van der Waals surface area contributed by atoms with Crippen molar-refractivity contribution in [2.24, 2.45) is 0 Å². The highest BCUT2D eigenvalue weighted by Crippen LogP contribution is 2.29. The lowest BCUT2D eigenvalue weighted by Gasteiger charge is -2.05. The molecule has 2 rings (SSSR count). The molecule has 0 saturated heterocycles. The van der Waals surface area contributed by atoms with E-state index in [0.29, 0.717) is 10.9 Å². The highest BCUT2D eigenvalue weighted by Gasteiger charge is 2.12. The van der Waals surface area contributed by atoms with Crippen molar-refractivity contribution in [3.8, 4) is 0 Å². The minimum Gasteiger partial charge on any atom is -0.276 e. The number of carbonyl (C=O) groups is 2. The molecule has 0 amide bonds. The third-order valence-corrected chi connectivity index (χ3v) is 3.22. The highest BCUT2D eigenvalue weighted by molar-refractivity contribution is 6.69. The monoisotopic (exact) mass is 286 g/mol. The third kappa shape index (κ3) is 2.29. The van der Waals surface area contributed by atoms with E-state index in [2.05, 4.69) is 0 Å². The second-order valence-corrected chi connectivity index (χ2v) is 4.47. The zero-order chi connectivity index (χ0) is 12.6. The van der Waals surface area contributed by atoms with Gasteiger partial charge in [0.15, 0.2) is 0 Å². The zero-order valence-corrected chi connectivity index (χ0v) is 10.6. The van der Waals surface area contributed by atoms with E-state index < -0.39 is 10.5 Å². The fourth-order valence-corrected chi connectivity index (χ4v) is 2.21. The molecule has 0 bridgehead atoms. The molecule has 0 atom stereocenters. The lowest BCUT2D eigenvalue weighted by atomic mass is 10.0. The number of carbonyl (C=O) groups excluding carboxylic acids is 2. The van der Waals surface area contributed by atoms with Gasteiger partial charge in [-0.05, 0) is 46.8 Å². The van der Waals surface area contributed by atoms with Crippen molar-refractivity contribution in [2.75, 3.05) is 0 Å². The SMILES string of the molecule is O=C(Cl)c1ccc2c(Cl)c(C(=O)Cl)ccc2c1. The number of rotatable bonds is 2. The first-order chi connectivity index (χ1) is 8.00. The summed E-state index contributed by atoms with van der Waals surface area (Å²) in [5, 5.41) is 0.494. The van der Waals surface area contributed by atoms with Gasteiger partial charge in [0.2, 0.25) is 0 Å². The van der Waals surface area contributed by atoms with Crippen molar-refractivity contribution in [2.45, 2.75) is 0 Å². The Labute approximate surface area is 112 Å². The predicted octanol–water partition coefficient (Wildman–Crippen LogP) is 4.25. The van der Waals surface area contributed by atoms with Gasteiger partial charge < -0.3 is 0 Å². The topological polar surface area (TPSA) is 34.1 Å². The van der Waals surface area contributed by atoms with Gasteiger partial charge in [-0.2, -0.15) is 0 Å². The summed E-state index contributed by atoms with van der Waals surface area (Å²) < 4.78 is 0. The Morgan fingerprint density at radius 2 is 1.65 bits per heavy atom. The molecule has 0 saturated carbocycles. The van der Waals surface area contributed by atoms with Crippen LogP contribution in [0.15, 0.2) is 30.3 Å². The first-order valence-electron chi connectivity index (χ1n) is 4.62. The van der Waals surface area contributed by atoms with Crippen LogP contribution in [0.4, 0.5) is 0 Å². The van der Waals surface area contributed by atoms with Gasteiger partial charge in [-0.1, -0.05) is 23.7 Å². The Kier molecular flexibility index (Phi) is 3.38. The molecule has 0 spiro atoms. The number of hydrogen-bond acceptors (Lipinski definition) is 2. The summed E-state index contributed by atoms with van der Waals surface area (Å²) >= 11 is 16.8. The van der Waals surface area contributed by atoms with Crippen LogP contribution in [-0.2, 0) is 0 Å². The molecule has 0 heterocycles. The van der Waals surface area contributed by atoms with Crippen molar-refractivity contribution >= 4 is 56.1 Å². The Morgan fingerprint density at radius 1 is 0.941 bits per heavy atom. The summed E-state index contributed by atoms with van der Waals surface area (Å²) in [6.07, 6.45) is 0. The number of fused-ring (bicyclic) bond motifs is 1. The number of hydrogen-bond donors (Lipinski definition) is 0. The summed E-state index contributed by atoms with van der Waals surface area (Å²) in [7, 11) is 0. The Morgan fingerprint density at radius 3 is 2.24 bits per heavy atom. The molecule has 5 heteroatoms. The summed E-state index contributed by atoms with van der Waals surface area (Å²) in [6, 6.07) is 7.98. The standard InChI is InChI=1S/C12H5Cl3O2/c13-10-8-3-2-7(11(14)16)5-6(8)1-4-9(10)12(15)17/h1-5H. The maximum absolute atomic E-state index is 11.1. The maximum Gasteiger partial charge on any atom is 0.253 e. The highest BCUT2D eigenvalue weighted by atomic mass is 35.5. The van der Waals surface area contributed by atoms with E-state index >= 15 is 0 Å². The molecule has 0 radical (unpaired) electrons.